The quantitative estimate of drug-likeness (QED) is 0.356. The summed E-state index contributed by atoms with van der Waals surface area (Å²) in [6.07, 6.45) is 0. The van der Waals surface area contributed by atoms with Crippen LogP contribution in [0.5, 0.6) is 0 Å². The second-order valence-electron chi connectivity index (χ2n) is 6.86. The normalized spacial score (nSPS) is 11.4. The van der Waals surface area contributed by atoms with Crippen LogP contribution in [-0.2, 0) is 26.7 Å². The molecule has 0 bridgehead atoms. The number of aromatic nitrogens is 2. The predicted molar refractivity (Wildman–Crippen MR) is 129 cm³/mol. The molecule has 0 atom stereocenters. The summed E-state index contributed by atoms with van der Waals surface area (Å²) < 4.78 is 46.2. The Morgan fingerprint density at radius 3 is 1.85 bits per heavy atom. The summed E-state index contributed by atoms with van der Waals surface area (Å²) in [5.41, 5.74) is 1.55. The molecule has 0 saturated heterocycles. The highest BCUT2D eigenvalue weighted by atomic mass is 35.5. The highest BCUT2D eigenvalue weighted by molar-refractivity contribution is 7.92. The fourth-order valence-corrected chi connectivity index (χ4v) is 4.43. The van der Waals surface area contributed by atoms with Gasteiger partial charge in [-0.1, -0.05) is 60.1 Å². The molecule has 0 spiro atoms. The van der Waals surface area contributed by atoms with Gasteiger partial charge in [-0.05, 0) is 42.5 Å². The van der Waals surface area contributed by atoms with Crippen molar-refractivity contribution in [1.82, 2.24) is 9.89 Å². The predicted octanol–water partition coefficient (Wildman–Crippen LogP) is 2.96. The van der Waals surface area contributed by atoms with Crippen LogP contribution < -0.4 is 9.97 Å². The van der Waals surface area contributed by atoms with Crippen molar-refractivity contribution in [1.29, 1.82) is 0 Å². The number of sulfonamides is 2. The third-order valence-electron chi connectivity index (χ3n) is 4.39. The van der Waals surface area contributed by atoms with Crippen molar-refractivity contribution in [3.05, 3.63) is 102 Å². The van der Waals surface area contributed by atoms with Gasteiger partial charge >= 0.3 is 0 Å². The number of halogens is 1. The molecule has 1 aromatic heterocycles. The molecule has 178 valence electrons. The Hall–Kier alpha value is -3.22. The molecular weight excluding hydrogens is 500 g/mol. The number of aliphatic hydroxyl groups is 1. The molecule has 0 aliphatic carbocycles. The van der Waals surface area contributed by atoms with Crippen LogP contribution >= 0.6 is 11.6 Å². The van der Waals surface area contributed by atoms with Crippen LogP contribution in [0.25, 0.3) is 11.3 Å². The summed E-state index contributed by atoms with van der Waals surface area (Å²) in [6.45, 7) is -0.305. The summed E-state index contributed by atoms with van der Waals surface area (Å²) in [7, 11) is -7.31. The van der Waals surface area contributed by atoms with E-state index in [0.29, 0.717) is 22.0 Å². The fourth-order valence-electron chi connectivity index (χ4n) is 2.78. The molecule has 0 saturated carbocycles. The van der Waals surface area contributed by atoms with E-state index < -0.39 is 20.0 Å². The first kappa shape index (κ1) is 25.4. The summed E-state index contributed by atoms with van der Waals surface area (Å²) in [5, 5.41) is 18.8. The zero-order valence-corrected chi connectivity index (χ0v) is 20.0. The van der Waals surface area contributed by atoms with Gasteiger partial charge in [0.25, 0.3) is 10.0 Å². The fraction of sp³-hybridized carbons (Fsp3) is 0.0455. The van der Waals surface area contributed by atoms with Gasteiger partial charge in [0.2, 0.25) is 10.0 Å². The van der Waals surface area contributed by atoms with Crippen LogP contribution in [0.1, 0.15) is 5.69 Å². The SMILES string of the molecule is NS(=O)(=O)c1ccccc1.O=S(=O)(Nn1nc(CO)cc1-c1ccc(Cl)cc1)c1ccccc1. The molecule has 9 nitrogen and oxygen atoms in total. The van der Waals surface area contributed by atoms with Gasteiger partial charge in [-0.3, -0.25) is 0 Å². The van der Waals surface area contributed by atoms with E-state index in [2.05, 4.69) is 9.93 Å². The lowest BCUT2D eigenvalue weighted by Gasteiger charge is -2.11. The highest BCUT2D eigenvalue weighted by Gasteiger charge is 2.18. The van der Waals surface area contributed by atoms with Crippen molar-refractivity contribution in [3.63, 3.8) is 0 Å². The molecule has 34 heavy (non-hydrogen) atoms. The molecule has 4 N–H and O–H groups in total. The second kappa shape index (κ2) is 10.8. The Balaban J connectivity index is 0.000000271. The third kappa shape index (κ3) is 6.65. The minimum absolute atomic E-state index is 0.119. The Labute approximate surface area is 202 Å². The van der Waals surface area contributed by atoms with E-state index >= 15 is 0 Å². The monoisotopic (exact) mass is 520 g/mol. The van der Waals surface area contributed by atoms with Crippen molar-refractivity contribution in [2.24, 2.45) is 5.14 Å². The molecule has 0 amide bonds. The molecule has 0 unspecified atom stereocenters. The molecule has 0 aliphatic rings. The van der Waals surface area contributed by atoms with Gasteiger partial charge in [0.1, 0.15) is 0 Å². The molecule has 12 heteroatoms. The largest absolute Gasteiger partial charge is 0.390 e. The van der Waals surface area contributed by atoms with E-state index in [1.165, 1.54) is 24.3 Å². The Bertz CT molecular complexity index is 1440. The average molecular weight is 521 g/mol. The zero-order valence-electron chi connectivity index (χ0n) is 17.6. The Kier molecular flexibility index (Phi) is 8.07. The molecular formula is C22H21ClN4O5S2. The van der Waals surface area contributed by atoms with Gasteiger partial charge in [0.15, 0.2) is 0 Å². The smallest absolute Gasteiger partial charge is 0.276 e. The molecule has 0 aliphatic heterocycles. The highest BCUT2D eigenvalue weighted by Crippen LogP contribution is 2.23. The van der Waals surface area contributed by atoms with Crippen molar-refractivity contribution in [2.45, 2.75) is 16.4 Å². The number of nitrogens with one attached hydrogen (secondary N) is 1. The van der Waals surface area contributed by atoms with Crippen LogP contribution in [0.4, 0.5) is 0 Å². The van der Waals surface area contributed by atoms with E-state index in [9.17, 15) is 21.9 Å². The van der Waals surface area contributed by atoms with Crippen LogP contribution in [0.15, 0.2) is 101 Å². The lowest BCUT2D eigenvalue weighted by Crippen LogP contribution is -2.25. The van der Waals surface area contributed by atoms with Crippen LogP contribution in [0.3, 0.4) is 0 Å². The van der Waals surface area contributed by atoms with Crippen molar-refractivity contribution in [2.75, 3.05) is 4.83 Å². The number of benzene rings is 3. The minimum atomic E-state index is -3.80. The summed E-state index contributed by atoms with van der Waals surface area (Å²) in [5.74, 6) is 0. The van der Waals surface area contributed by atoms with E-state index in [0.717, 1.165) is 4.79 Å². The summed E-state index contributed by atoms with van der Waals surface area (Å²) in [6, 6.07) is 24.3. The van der Waals surface area contributed by atoms with Gasteiger partial charge in [0.05, 0.1) is 27.8 Å². The Morgan fingerprint density at radius 2 is 1.38 bits per heavy atom. The van der Waals surface area contributed by atoms with E-state index in [1.54, 1.807) is 66.7 Å². The molecule has 0 radical (unpaired) electrons. The number of primary sulfonamides is 1. The number of hydrogen-bond acceptors (Lipinski definition) is 6. The zero-order chi connectivity index (χ0) is 24.8. The standard InChI is InChI=1S/C16H14ClN3O3S.C6H7NO2S/c17-13-8-6-12(7-9-13)16-10-14(11-21)18-20(16)19-24(22,23)15-4-2-1-3-5-15;7-10(8,9)6-4-2-1-3-5-6/h1-10,19,21H,11H2;1-5H,(H2,7,8,9). The van der Waals surface area contributed by atoms with Crippen LogP contribution in [0, 0.1) is 0 Å². The number of nitrogens with zero attached hydrogens (tertiary/aromatic N) is 2. The van der Waals surface area contributed by atoms with E-state index in [-0.39, 0.29) is 16.4 Å². The van der Waals surface area contributed by atoms with Crippen LogP contribution in [0.2, 0.25) is 5.02 Å². The number of nitrogens with two attached hydrogens (primary N) is 1. The average Bonchev–Trinajstić information content (AvgIpc) is 3.23. The molecule has 4 rings (SSSR count). The molecule has 4 aromatic rings. The first-order valence-corrected chi connectivity index (χ1v) is 13.1. The van der Waals surface area contributed by atoms with E-state index in [4.69, 9.17) is 16.7 Å². The first-order valence-electron chi connectivity index (χ1n) is 9.71. The van der Waals surface area contributed by atoms with E-state index in [1.807, 2.05) is 0 Å². The number of aliphatic hydroxyl groups excluding tert-OH is 1. The lowest BCUT2D eigenvalue weighted by molar-refractivity contribution is 0.276. The van der Waals surface area contributed by atoms with Gasteiger partial charge in [-0.15, -0.1) is 0 Å². The molecule has 0 fully saturated rings. The summed E-state index contributed by atoms with van der Waals surface area (Å²) >= 11 is 5.88. The van der Waals surface area contributed by atoms with Gasteiger partial charge in [-0.25, -0.2) is 13.6 Å². The maximum atomic E-state index is 12.5. The summed E-state index contributed by atoms with van der Waals surface area (Å²) in [4.78, 5) is 3.81. The van der Waals surface area contributed by atoms with Crippen molar-refractivity contribution in [3.8, 4) is 11.3 Å². The first-order chi connectivity index (χ1) is 16.1. The molecule has 1 heterocycles. The minimum Gasteiger partial charge on any atom is -0.390 e. The topological polar surface area (TPSA) is 144 Å². The van der Waals surface area contributed by atoms with Gasteiger partial charge < -0.3 is 5.11 Å². The van der Waals surface area contributed by atoms with Crippen molar-refractivity contribution >= 4 is 31.6 Å². The maximum absolute atomic E-state index is 12.5. The lowest BCUT2D eigenvalue weighted by atomic mass is 10.1. The Morgan fingerprint density at radius 1 is 0.853 bits per heavy atom. The second-order valence-corrected chi connectivity index (χ2v) is 10.5. The molecule has 3 aromatic carbocycles. The van der Waals surface area contributed by atoms with Gasteiger partial charge in [-0.2, -0.15) is 23.1 Å². The third-order valence-corrected chi connectivity index (χ3v) is 6.88. The van der Waals surface area contributed by atoms with Gasteiger partial charge in [0, 0.05) is 10.6 Å². The maximum Gasteiger partial charge on any atom is 0.276 e. The number of rotatable bonds is 6. The van der Waals surface area contributed by atoms with Crippen molar-refractivity contribution < 1.29 is 21.9 Å². The van der Waals surface area contributed by atoms with Crippen LogP contribution in [-0.4, -0.2) is 31.8 Å². The number of hydrogen-bond donors (Lipinski definition) is 3.